The summed E-state index contributed by atoms with van der Waals surface area (Å²) < 4.78 is 32.8. The molecular formula is C13H17BrN2O4S. The number of carbonyl (C=O) groups is 1. The summed E-state index contributed by atoms with van der Waals surface area (Å²) in [5, 5.41) is 0. The van der Waals surface area contributed by atoms with Crippen molar-refractivity contribution in [1.29, 1.82) is 0 Å². The van der Waals surface area contributed by atoms with Crippen molar-refractivity contribution in [2.24, 2.45) is 0 Å². The van der Waals surface area contributed by atoms with Gasteiger partial charge < -0.3 is 9.64 Å². The lowest BCUT2D eigenvalue weighted by atomic mass is 10.3. The number of carbonyl (C=O) groups excluding carboxylic acids is 1. The molecule has 1 aliphatic rings. The summed E-state index contributed by atoms with van der Waals surface area (Å²) in [6.45, 7) is 3.50. The van der Waals surface area contributed by atoms with Gasteiger partial charge in [0.05, 0.1) is 24.2 Å². The third-order valence-electron chi connectivity index (χ3n) is 3.15. The number of amides is 1. The van der Waals surface area contributed by atoms with Gasteiger partial charge in [0.1, 0.15) is 0 Å². The highest BCUT2D eigenvalue weighted by molar-refractivity contribution is 9.10. The third kappa shape index (κ3) is 4.26. The SMILES string of the molecule is C[C@@H](NS(=O)(=O)c1ccc(Br)cc1)C(=O)N1CCOCC1. The fraction of sp³-hybridized carbons (Fsp3) is 0.462. The van der Waals surface area contributed by atoms with Gasteiger partial charge in [-0.05, 0) is 31.2 Å². The zero-order valence-corrected chi connectivity index (χ0v) is 14.0. The average Bonchev–Trinajstić information content (AvgIpc) is 2.47. The highest BCUT2D eigenvalue weighted by Gasteiger charge is 2.26. The molecule has 0 aliphatic carbocycles. The molecule has 116 valence electrons. The molecule has 1 aromatic carbocycles. The Morgan fingerprint density at radius 1 is 1.29 bits per heavy atom. The molecule has 0 radical (unpaired) electrons. The van der Waals surface area contributed by atoms with E-state index in [0.717, 1.165) is 4.47 Å². The smallest absolute Gasteiger partial charge is 0.241 e. The first kappa shape index (κ1) is 16.4. The molecule has 1 fully saturated rings. The van der Waals surface area contributed by atoms with E-state index in [1.807, 2.05) is 0 Å². The van der Waals surface area contributed by atoms with Gasteiger partial charge in [0.25, 0.3) is 0 Å². The lowest BCUT2D eigenvalue weighted by Gasteiger charge is -2.29. The lowest BCUT2D eigenvalue weighted by Crippen LogP contribution is -2.50. The van der Waals surface area contributed by atoms with Crippen LogP contribution >= 0.6 is 15.9 Å². The summed E-state index contributed by atoms with van der Waals surface area (Å²) in [7, 11) is -3.71. The van der Waals surface area contributed by atoms with Gasteiger partial charge in [-0.15, -0.1) is 0 Å². The molecule has 1 N–H and O–H groups in total. The van der Waals surface area contributed by atoms with Crippen LogP contribution in [-0.2, 0) is 19.6 Å². The molecule has 6 nitrogen and oxygen atoms in total. The number of morpholine rings is 1. The van der Waals surface area contributed by atoms with E-state index in [2.05, 4.69) is 20.7 Å². The van der Waals surface area contributed by atoms with Gasteiger partial charge in [0.15, 0.2) is 0 Å². The second-order valence-corrected chi connectivity index (χ2v) is 7.36. The molecular weight excluding hydrogens is 360 g/mol. The first-order valence-electron chi connectivity index (χ1n) is 6.54. The summed E-state index contributed by atoms with van der Waals surface area (Å²) in [5.41, 5.74) is 0. The first-order chi connectivity index (χ1) is 9.90. The number of ether oxygens (including phenoxy) is 1. The van der Waals surface area contributed by atoms with Crippen LogP contribution in [0.25, 0.3) is 0 Å². The topological polar surface area (TPSA) is 75.7 Å². The Morgan fingerprint density at radius 2 is 1.86 bits per heavy atom. The van der Waals surface area contributed by atoms with Gasteiger partial charge in [-0.1, -0.05) is 15.9 Å². The molecule has 1 atom stereocenters. The number of sulfonamides is 1. The van der Waals surface area contributed by atoms with Crippen LogP contribution in [0.1, 0.15) is 6.92 Å². The van der Waals surface area contributed by atoms with Crippen molar-refractivity contribution in [3.63, 3.8) is 0 Å². The van der Waals surface area contributed by atoms with E-state index < -0.39 is 16.1 Å². The van der Waals surface area contributed by atoms with Crippen LogP contribution < -0.4 is 4.72 Å². The number of hydrogen-bond acceptors (Lipinski definition) is 4. The Balaban J connectivity index is 2.05. The van der Waals surface area contributed by atoms with Gasteiger partial charge in [0.2, 0.25) is 15.9 Å². The maximum absolute atomic E-state index is 12.2. The quantitative estimate of drug-likeness (QED) is 0.849. The van der Waals surface area contributed by atoms with Crippen molar-refractivity contribution >= 4 is 31.9 Å². The molecule has 2 rings (SSSR count). The monoisotopic (exact) mass is 376 g/mol. The molecule has 0 bridgehead atoms. The van der Waals surface area contributed by atoms with Crippen LogP contribution in [-0.4, -0.2) is 51.6 Å². The number of nitrogens with zero attached hydrogens (tertiary/aromatic N) is 1. The lowest BCUT2D eigenvalue weighted by molar-refractivity contribution is -0.136. The van der Waals surface area contributed by atoms with Gasteiger partial charge in [-0.3, -0.25) is 4.79 Å². The molecule has 1 amide bonds. The molecule has 1 aromatic rings. The minimum Gasteiger partial charge on any atom is -0.378 e. The van der Waals surface area contributed by atoms with E-state index in [-0.39, 0.29) is 10.8 Å². The summed E-state index contributed by atoms with van der Waals surface area (Å²) in [4.78, 5) is 13.9. The van der Waals surface area contributed by atoms with Crippen LogP contribution in [0.5, 0.6) is 0 Å². The predicted octanol–water partition coefficient (Wildman–Crippen LogP) is 0.975. The van der Waals surface area contributed by atoms with Crippen LogP contribution in [0.4, 0.5) is 0 Å². The molecule has 0 saturated carbocycles. The fourth-order valence-corrected chi connectivity index (χ4v) is 3.48. The standard InChI is InChI=1S/C13H17BrN2O4S/c1-10(13(17)16-6-8-20-9-7-16)15-21(18,19)12-4-2-11(14)3-5-12/h2-5,10,15H,6-9H2,1H3/t10-/m1/s1. The van der Waals surface area contributed by atoms with Crippen LogP contribution in [0.15, 0.2) is 33.6 Å². The maximum atomic E-state index is 12.2. The molecule has 0 aromatic heterocycles. The van der Waals surface area contributed by atoms with Crippen molar-refractivity contribution < 1.29 is 17.9 Å². The van der Waals surface area contributed by atoms with Crippen molar-refractivity contribution in [1.82, 2.24) is 9.62 Å². The number of nitrogens with one attached hydrogen (secondary N) is 1. The largest absolute Gasteiger partial charge is 0.378 e. The van der Waals surface area contributed by atoms with Crippen LogP contribution in [0.2, 0.25) is 0 Å². The van der Waals surface area contributed by atoms with Gasteiger partial charge in [0, 0.05) is 17.6 Å². The fourth-order valence-electron chi connectivity index (χ4n) is 2.02. The molecule has 21 heavy (non-hydrogen) atoms. The highest BCUT2D eigenvalue weighted by atomic mass is 79.9. The van der Waals surface area contributed by atoms with E-state index >= 15 is 0 Å². The third-order valence-corrected chi connectivity index (χ3v) is 5.23. The Labute approximate surface area is 132 Å². The summed E-state index contributed by atoms with van der Waals surface area (Å²) >= 11 is 3.25. The van der Waals surface area contributed by atoms with E-state index in [1.165, 1.54) is 12.1 Å². The zero-order chi connectivity index (χ0) is 15.5. The molecule has 1 aliphatic heterocycles. The molecule has 8 heteroatoms. The minimum absolute atomic E-state index is 0.132. The summed E-state index contributed by atoms with van der Waals surface area (Å²) in [5.74, 6) is -0.237. The zero-order valence-electron chi connectivity index (χ0n) is 11.6. The van der Waals surface area contributed by atoms with E-state index in [9.17, 15) is 13.2 Å². The Kier molecular flexibility index (Phi) is 5.37. The molecule has 1 saturated heterocycles. The van der Waals surface area contributed by atoms with Crippen molar-refractivity contribution in [3.8, 4) is 0 Å². The Bertz CT molecular complexity index is 597. The molecule has 0 spiro atoms. The second kappa shape index (κ2) is 6.87. The number of rotatable bonds is 4. The second-order valence-electron chi connectivity index (χ2n) is 4.73. The Hall–Kier alpha value is -0.960. The minimum atomic E-state index is -3.71. The Morgan fingerprint density at radius 3 is 2.43 bits per heavy atom. The van der Waals surface area contributed by atoms with Crippen molar-refractivity contribution in [2.45, 2.75) is 17.9 Å². The first-order valence-corrected chi connectivity index (χ1v) is 8.82. The van der Waals surface area contributed by atoms with Crippen molar-refractivity contribution in [2.75, 3.05) is 26.3 Å². The van der Waals surface area contributed by atoms with Crippen LogP contribution in [0.3, 0.4) is 0 Å². The predicted molar refractivity (Wildman–Crippen MR) is 81.3 cm³/mol. The van der Waals surface area contributed by atoms with Crippen molar-refractivity contribution in [3.05, 3.63) is 28.7 Å². The number of benzene rings is 1. The number of halogens is 1. The number of hydrogen-bond donors (Lipinski definition) is 1. The van der Waals surface area contributed by atoms with Gasteiger partial charge in [-0.25, -0.2) is 8.42 Å². The average molecular weight is 377 g/mol. The van der Waals surface area contributed by atoms with E-state index in [1.54, 1.807) is 24.0 Å². The molecule has 1 heterocycles. The van der Waals surface area contributed by atoms with Crippen LogP contribution in [0, 0.1) is 0 Å². The normalized spacial score (nSPS) is 17.5. The van der Waals surface area contributed by atoms with E-state index in [4.69, 9.17) is 4.74 Å². The highest BCUT2D eigenvalue weighted by Crippen LogP contribution is 2.15. The molecule has 0 unspecified atom stereocenters. The maximum Gasteiger partial charge on any atom is 0.241 e. The summed E-state index contributed by atoms with van der Waals surface area (Å²) in [6, 6.07) is 5.44. The van der Waals surface area contributed by atoms with E-state index in [0.29, 0.717) is 26.3 Å². The van der Waals surface area contributed by atoms with Gasteiger partial charge in [-0.2, -0.15) is 4.72 Å². The summed E-state index contributed by atoms with van der Waals surface area (Å²) in [6.07, 6.45) is 0. The van der Waals surface area contributed by atoms with Gasteiger partial charge >= 0.3 is 0 Å².